The number of benzene rings is 2. The minimum absolute atomic E-state index is 0.125. The second kappa shape index (κ2) is 7.53. The van der Waals surface area contributed by atoms with Crippen molar-refractivity contribution in [2.45, 2.75) is 23.0 Å². The van der Waals surface area contributed by atoms with Crippen molar-refractivity contribution in [2.75, 3.05) is 0 Å². The van der Waals surface area contributed by atoms with E-state index in [-0.39, 0.29) is 5.78 Å². The molecule has 5 nitrogen and oxygen atoms in total. The second-order valence-corrected chi connectivity index (χ2v) is 13.2. The van der Waals surface area contributed by atoms with E-state index in [1.54, 1.807) is 48.5 Å². The van der Waals surface area contributed by atoms with E-state index < -0.39 is 40.7 Å². The molecule has 0 spiro atoms. The Labute approximate surface area is 153 Å². The molecule has 2 rings (SSSR count). The first-order chi connectivity index (χ1) is 11.0. The summed E-state index contributed by atoms with van der Waals surface area (Å²) >= 11 is -2.22. The van der Waals surface area contributed by atoms with E-state index in [1.807, 2.05) is 0 Å². The van der Waals surface area contributed by atoms with Gasteiger partial charge in [-0.3, -0.25) is 0 Å². The number of carbonyl (C=O) groups excluding carboxylic acids is 1. The summed E-state index contributed by atoms with van der Waals surface area (Å²) in [5.41, 5.74) is 1.06. The summed E-state index contributed by atoms with van der Waals surface area (Å²) in [4.78, 5) is 12.5. The van der Waals surface area contributed by atoms with Gasteiger partial charge in [0.05, 0.1) is 0 Å². The van der Waals surface area contributed by atoms with Gasteiger partial charge in [0.2, 0.25) is 0 Å². The van der Waals surface area contributed by atoms with Crippen LogP contribution in [0.3, 0.4) is 0 Å². The van der Waals surface area contributed by atoms with Crippen LogP contribution in [-0.4, -0.2) is 66.9 Å². The van der Waals surface area contributed by atoms with Gasteiger partial charge in [-0.15, -0.1) is 0 Å². The van der Waals surface area contributed by atoms with Crippen molar-refractivity contribution >= 4 is 46.0 Å². The van der Waals surface area contributed by atoms with Crippen LogP contribution in [-0.2, 0) is 0 Å². The van der Waals surface area contributed by atoms with Crippen LogP contribution in [0.25, 0.3) is 0 Å². The molecular formula is C17H20As2O5. The predicted octanol–water partition coefficient (Wildman–Crippen LogP) is -1.64. The van der Waals surface area contributed by atoms with Crippen LogP contribution in [0, 0.1) is 0 Å². The average molecular weight is 454 g/mol. The van der Waals surface area contributed by atoms with Gasteiger partial charge in [0.1, 0.15) is 0 Å². The van der Waals surface area contributed by atoms with E-state index in [0.29, 0.717) is 11.1 Å². The Morgan fingerprint density at radius 2 is 1.00 bits per heavy atom. The molecule has 0 aliphatic heterocycles. The van der Waals surface area contributed by atoms with Gasteiger partial charge < -0.3 is 0 Å². The molecule has 2 unspecified atom stereocenters. The summed E-state index contributed by atoms with van der Waals surface area (Å²) in [6.07, 6.45) is 0. The third kappa shape index (κ3) is 6.17. The van der Waals surface area contributed by atoms with E-state index in [9.17, 15) is 25.2 Å². The molecule has 2 aromatic rings. The standard InChI is InChI=1S/C17H20As2O5/c1-16(21,22)18-13-7-3-11(4-8-13)15(20)12-5-9-14(10-6-12)19-17(2,23)24/h3-10,18-19,21-24H,1-2H3. The van der Waals surface area contributed by atoms with Gasteiger partial charge in [0, 0.05) is 0 Å². The maximum absolute atomic E-state index is 12.5. The third-order valence-corrected chi connectivity index (χ3v) is 7.65. The summed E-state index contributed by atoms with van der Waals surface area (Å²) in [7, 11) is 0. The van der Waals surface area contributed by atoms with Crippen LogP contribution in [0.1, 0.15) is 29.8 Å². The van der Waals surface area contributed by atoms with Crippen LogP contribution in [0.4, 0.5) is 0 Å². The summed E-state index contributed by atoms with van der Waals surface area (Å²) in [6, 6.07) is 13.8. The molecule has 24 heavy (non-hydrogen) atoms. The fourth-order valence-corrected chi connectivity index (χ4v) is 5.82. The van der Waals surface area contributed by atoms with E-state index in [0.717, 1.165) is 8.70 Å². The quantitative estimate of drug-likeness (QED) is 0.239. The fourth-order valence-electron chi connectivity index (χ4n) is 2.12. The van der Waals surface area contributed by atoms with Crippen molar-refractivity contribution in [3.8, 4) is 0 Å². The summed E-state index contributed by atoms with van der Waals surface area (Å²) in [5.74, 6) is -0.125. The van der Waals surface area contributed by atoms with Crippen molar-refractivity contribution in [3.05, 3.63) is 59.7 Å². The SMILES string of the molecule is CC(O)(O)[AsH]c1ccc(C(=O)c2ccc([AsH]C(C)(O)O)cc2)cc1. The van der Waals surface area contributed by atoms with Gasteiger partial charge in [-0.1, -0.05) is 0 Å². The van der Waals surface area contributed by atoms with Gasteiger partial charge in [0.15, 0.2) is 0 Å². The van der Waals surface area contributed by atoms with Gasteiger partial charge in [-0.25, -0.2) is 0 Å². The molecule has 128 valence electrons. The molecule has 0 aliphatic rings. The first-order valence-electron chi connectivity index (χ1n) is 7.24. The molecule has 0 fully saturated rings. The second-order valence-electron chi connectivity index (χ2n) is 5.78. The molecular weight excluding hydrogens is 434 g/mol. The topological polar surface area (TPSA) is 98.0 Å². The molecule has 0 heterocycles. The average Bonchev–Trinajstić information content (AvgIpc) is 2.45. The number of hydrogen-bond donors (Lipinski definition) is 4. The molecule has 0 aliphatic carbocycles. The van der Waals surface area contributed by atoms with Crippen molar-refractivity contribution in [1.29, 1.82) is 0 Å². The number of hydrogen-bond acceptors (Lipinski definition) is 5. The Balaban J connectivity index is 2.11. The van der Waals surface area contributed by atoms with Gasteiger partial charge >= 0.3 is 154 Å². The molecule has 0 saturated heterocycles. The minimum atomic E-state index is -1.65. The summed E-state index contributed by atoms with van der Waals surface area (Å²) < 4.78 is -1.60. The first kappa shape index (κ1) is 19.4. The number of aliphatic hydroxyl groups is 4. The van der Waals surface area contributed by atoms with E-state index in [4.69, 9.17) is 0 Å². The zero-order valence-corrected chi connectivity index (χ0v) is 17.5. The van der Waals surface area contributed by atoms with Crippen LogP contribution >= 0.6 is 0 Å². The van der Waals surface area contributed by atoms with E-state index in [1.165, 1.54) is 13.8 Å². The molecule has 0 radical (unpaired) electrons. The van der Waals surface area contributed by atoms with Crippen molar-refractivity contribution in [3.63, 3.8) is 0 Å². The fraction of sp³-hybridized carbons (Fsp3) is 0.235. The van der Waals surface area contributed by atoms with Crippen LogP contribution in [0.5, 0.6) is 0 Å². The number of rotatable bonds is 6. The Hall–Kier alpha value is -0.933. The Morgan fingerprint density at radius 3 is 1.25 bits per heavy atom. The van der Waals surface area contributed by atoms with Gasteiger partial charge in [-0.05, 0) is 0 Å². The molecule has 7 heteroatoms. The summed E-state index contributed by atoms with van der Waals surface area (Å²) in [6.45, 7) is 2.72. The van der Waals surface area contributed by atoms with Gasteiger partial charge in [-0.2, -0.15) is 0 Å². The molecule has 0 bridgehead atoms. The van der Waals surface area contributed by atoms with Crippen molar-refractivity contribution < 1.29 is 25.2 Å². The third-order valence-electron chi connectivity index (χ3n) is 3.06. The number of carbonyl (C=O) groups is 1. The summed E-state index contributed by atoms with van der Waals surface area (Å²) in [5, 5.41) is 37.8. The molecule has 4 N–H and O–H groups in total. The van der Waals surface area contributed by atoms with Gasteiger partial charge in [0.25, 0.3) is 0 Å². The van der Waals surface area contributed by atoms with E-state index in [2.05, 4.69) is 0 Å². The maximum atomic E-state index is 12.5. The van der Waals surface area contributed by atoms with Crippen LogP contribution < -0.4 is 8.70 Å². The molecule has 0 aromatic heterocycles. The Kier molecular flexibility index (Phi) is 6.08. The van der Waals surface area contributed by atoms with Crippen LogP contribution in [0.2, 0.25) is 0 Å². The molecule has 0 amide bonds. The normalized spacial score (nSPS) is 13.2. The van der Waals surface area contributed by atoms with E-state index >= 15 is 0 Å². The zero-order chi connectivity index (χ0) is 18.0. The predicted molar refractivity (Wildman–Crippen MR) is 95.6 cm³/mol. The Bertz CT molecular complexity index is 636. The van der Waals surface area contributed by atoms with Crippen molar-refractivity contribution in [1.82, 2.24) is 0 Å². The monoisotopic (exact) mass is 454 g/mol. The van der Waals surface area contributed by atoms with Crippen molar-refractivity contribution in [2.24, 2.45) is 0 Å². The number of ketones is 1. The Morgan fingerprint density at radius 1 is 0.708 bits per heavy atom. The zero-order valence-electron chi connectivity index (χ0n) is 13.3. The first-order valence-corrected chi connectivity index (χ1v) is 11.4. The molecule has 0 saturated carbocycles. The molecule has 2 aromatic carbocycles. The van der Waals surface area contributed by atoms with Crippen LogP contribution in [0.15, 0.2) is 48.5 Å². The molecule has 2 atom stereocenters.